The maximum absolute atomic E-state index is 13.6. The smallest absolute Gasteiger partial charge is 0.259 e. The van der Waals surface area contributed by atoms with Crippen molar-refractivity contribution in [2.75, 3.05) is 17.2 Å². The van der Waals surface area contributed by atoms with Crippen LogP contribution in [-0.4, -0.2) is 28.3 Å². The molecule has 2 aromatic carbocycles. The van der Waals surface area contributed by atoms with Gasteiger partial charge in [-0.05, 0) is 25.1 Å². The quantitative estimate of drug-likeness (QED) is 0.487. The van der Waals surface area contributed by atoms with E-state index in [1.807, 2.05) is 66.4 Å². The lowest BCUT2D eigenvalue weighted by Gasteiger charge is -2.29. The Morgan fingerprint density at radius 1 is 1.11 bits per heavy atom. The fraction of sp³-hybridized carbons (Fsp3) is 0.136. The van der Waals surface area contributed by atoms with Crippen LogP contribution < -0.4 is 4.90 Å². The number of hydrogen-bond donors (Lipinski definition) is 0. The minimum absolute atomic E-state index is 0.0522. The minimum atomic E-state index is -0.0522. The van der Waals surface area contributed by atoms with Gasteiger partial charge in [0, 0.05) is 22.8 Å². The number of rotatable bonds is 2. The maximum Gasteiger partial charge on any atom is 0.259 e. The van der Waals surface area contributed by atoms with Crippen LogP contribution in [-0.2, 0) is 0 Å². The van der Waals surface area contributed by atoms with Crippen molar-refractivity contribution in [3.8, 4) is 11.3 Å². The summed E-state index contributed by atoms with van der Waals surface area (Å²) in [7, 11) is 0. The SMILES string of the molecule is Cc1noc2nc(-c3ccccc3)cc(C(=O)N3CCSc4ccccc43)c12. The Bertz CT molecular complexity index is 1190. The van der Waals surface area contributed by atoms with Gasteiger partial charge in [-0.3, -0.25) is 4.79 Å². The summed E-state index contributed by atoms with van der Waals surface area (Å²) >= 11 is 1.78. The Hall–Kier alpha value is -3.12. The van der Waals surface area contributed by atoms with E-state index in [-0.39, 0.29) is 5.91 Å². The van der Waals surface area contributed by atoms with E-state index in [1.54, 1.807) is 11.8 Å². The summed E-state index contributed by atoms with van der Waals surface area (Å²) in [6.45, 7) is 2.50. The molecule has 0 N–H and O–H groups in total. The van der Waals surface area contributed by atoms with Crippen molar-refractivity contribution in [3.05, 3.63) is 71.9 Å². The van der Waals surface area contributed by atoms with E-state index in [2.05, 4.69) is 16.2 Å². The Kier molecular flexibility index (Phi) is 4.13. The summed E-state index contributed by atoms with van der Waals surface area (Å²) in [5.74, 6) is 0.814. The number of amides is 1. The molecular formula is C22H17N3O2S. The first-order valence-electron chi connectivity index (χ1n) is 9.08. The van der Waals surface area contributed by atoms with Crippen molar-refractivity contribution in [1.29, 1.82) is 0 Å². The summed E-state index contributed by atoms with van der Waals surface area (Å²) in [5, 5.41) is 4.73. The zero-order valence-electron chi connectivity index (χ0n) is 15.3. The van der Waals surface area contributed by atoms with Gasteiger partial charge in [-0.2, -0.15) is 0 Å². The molecule has 2 aromatic heterocycles. The Balaban J connectivity index is 1.68. The fourth-order valence-corrected chi connectivity index (χ4v) is 4.54. The first kappa shape index (κ1) is 17.0. The lowest BCUT2D eigenvalue weighted by atomic mass is 10.0. The number of anilines is 1. The molecule has 0 spiro atoms. The van der Waals surface area contributed by atoms with E-state index in [0.717, 1.165) is 21.9 Å². The summed E-state index contributed by atoms with van der Waals surface area (Å²) < 4.78 is 5.42. The minimum Gasteiger partial charge on any atom is -0.335 e. The summed E-state index contributed by atoms with van der Waals surface area (Å²) in [6.07, 6.45) is 0. The molecule has 0 radical (unpaired) electrons. The molecule has 1 aliphatic rings. The van der Waals surface area contributed by atoms with Gasteiger partial charge in [0.2, 0.25) is 0 Å². The average molecular weight is 387 g/mol. The normalized spacial score (nSPS) is 13.5. The molecule has 3 heterocycles. The highest BCUT2D eigenvalue weighted by molar-refractivity contribution is 7.99. The van der Waals surface area contributed by atoms with Crippen LogP contribution in [0.15, 0.2) is 70.1 Å². The van der Waals surface area contributed by atoms with E-state index < -0.39 is 0 Å². The second-order valence-corrected chi connectivity index (χ2v) is 7.78. The second-order valence-electron chi connectivity index (χ2n) is 6.64. The van der Waals surface area contributed by atoms with Gasteiger partial charge < -0.3 is 9.42 Å². The molecule has 0 fully saturated rings. The summed E-state index contributed by atoms with van der Waals surface area (Å²) in [4.78, 5) is 21.2. The van der Waals surface area contributed by atoms with E-state index in [9.17, 15) is 4.79 Å². The number of fused-ring (bicyclic) bond motifs is 2. The van der Waals surface area contributed by atoms with Gasteiger partial charge in [-0.1, -0.05) is 47.6 Å². The van der Waals surface area contributed by atoms with E-state index in [0.29, 0.717) is 34.6 Å². The van der Waals surface area contributed by atoms with E-state index >= 15 is 0 Å². The van der Waals surface area contributed by atoms with E-state index in [4.69, 9.17) is 4.52 Å². The molecule has 0 bridgehead atoms. The number of para-hydroxylation sites is 1. The molecule has 4 aromatic rings. The summed E-state index contributed by atoms with van der Waals surface area (Å²) in [5.41, 5.74) is 4.22. The Morgan fingerprint density at radius 3 is 2.75 bits per heavy atom. The molecule has 1 amide bonds. The van der Waals surface area contributed by atoms with Crippen molar-refractivity contribution in [1.82, 2.24) is 10.1 Å². The zero-order valence-corrected chi connectivity index (χ0v) is 16.1. The topological polar surface area (TPSA) is 59.2 Å². The number of hydrogen-bond acceptors (Lipinski definition) is 5. The van der Waals surface area contributed by atoms with Gasteiger partial charge >= 0.3 is 0 Å². The van der Waals surface area contributed by atoms with Crippen LogP contribution in [0.4, 0.5) is 5.69 Å². The summed E-state index contributed by atoms with van der Waals surface area (Å²) in [6, 6.07) is 19.7. The molecule has 28 heavy (non-hydrogen) atoms. The molecule has 0 aliphatic carbocycles. The van der Waals surface area contributed by atoms with Crippen LogP contribution in [0.25, 0.3) is 22.4 Å². The fourth-order valence-electron chi connectivity index (χ4n) is 3.55. The number of pyridine rings is 1. The van der Waals surface area contributed by atoms with Crippen molar-refractivity contribution in [2.24, 2.45) is 0 Å². The van der Waals surface area contributed by atoms with Crippen molar-refractivity contribution in [2.45, 2.75) is 11.8 Å². The molecule has 0 unspecified atom stereocenters. The van der Waals surface area contributed by atoms with Crippen LogP contribution in [0.1, 0.15) is 16.1 Å². The van der Waals surface area contributed by atoms with Gasteiger partial charge in [-0.15, -0.1) is 11.8 Å². The van der Waals surface area contributed by atoms with Crippen LogP contribution in [0.2, 0.25) is 0 Å². The number of aromatic nitrogens is 2. The molecular weight excluding hydrogens is 370 g/mol. The molecule has 5 nitrogen and oxygen atoms in total. The molecule has 6 heteroatoms. The number of aryl methyl sites for hydroxylation is 1. The largest absolute Gasteiger partial charge is 0.335 e. The number of carbonyl (C=O) groups excluding carboxylic acids is 1. The predicted octanol–water partition coefficient (Wildman–Crippen LogP) is 4.95. The average Bonchev–Trinajstić information content (AvgIpc) is 3.13. The highest BCUT2D eigenvalue weighted by Gasteiger charge is 2.27. The van der Waals surface area contributed by atoms with Gasteiger partial charge in [0.25, 0.3) is 11.6 Å². The first-order chi connectivity index (χ1) is 13.7. The van der Waals surface area contributed by atoms with Gasteiger partial charge in [-0.25, -0.2) is 4.98 Å². The number of benzene rings is 2. The van der Waals surface area contributed by atoms with Gasteiger partial charge in [0.15, 0.2) is 0 Å². The van der Waals surface area contributed by atoms with E-state index in [1.165, 1.54) is 0 Å². The van der Waals surface area contributed by atoms with Gasteiger partial charge in [0.05, 0.1) is 28.0 Å². The van der Waals surface area contributed by atoms with Crippen LogP contribution in [0, 0.1) is 6.92 Å². The molecule has 138 valence electrons. The highest BCUT2D eigenvalue weighted by atomic mass is 32.2. The van der Waals surface area contributed by atoms with Gasteiger partial charge in [0.1, 0.15) is 0 Å². The molecule has 5 rings (SSSR count). The van der Waals surface area contributed by atoms with Crippen LogP contribution in [0.3, 0.4) is 0 Å². The highest BCUT2D eigenvalue weighted by Crippen LogP contribution is 2.36. The van der Waals surface area contributed by atoms with Crippen molar-refractivity contribution >= 4 is 34.5 Å². The molecule has 0 atom stereocenters. The third kappa shape index (κ3) is 2.77. The predicted molar refractivity (Wildman–Crippen MR) is 111 cm³/mol. The third-order valence-corrected chi connectivity index (χ3v) is 5.93. The lowest BCUT2D eigenvalue weighted by Crippen LogP contribution is -2.35. The third-order valence-electron chi connectivity index (χ3n) is 4.89. The zero-order chi connectivity index (χ0) is 19.1. The van der Waals surface area contributed by atoms with Crippen LogP contribution >= 0.6 is 11.8 Å². The maximum atomic E-state index is 13.6. The Morgan fingerprint density at radius 2 is 1.89 bits per heavy atom. The second kappa shape index (κ2) is 6.80. The monoisotopic (exact) mass is 387 g/mol. The molecule has 0 saturated heterocycles. The Labute approximate surface area is 166 Å². The first-order valence-corrected chi connectivity index (χ1v) is 10.1. The standard InChI is InChI=1S/C22H17N3O2S/c1-14-20-16(22(26)25-11-12-28-19-10-6-5-9-18(19)25)13-17(23-21(20)27-24-14)15-7-3-2-4-8-15/h2-10,13H,11-12H2,1H3. The van der Waals surface area contributed by atoms with Crippen LogP contribution in [0.5, 0.6) is 0 Å². The molecule has 0 saturated carbocycles. The van der Waals surface area contributed by atoms with Crippen molar-refractivity contribution in [3.63, 3.8) is 0 Å². The molecule has 1 aliphatic heterocycles. The number of nitrogens with zero attached hydrogens (tertiary/aromatic N) is 3. The number of thioether (sulfide) groups is 1. The number of carbonyl (C=O) groups is 1. The lowest BCUT2D eigenvalue weighted by molar-refractivity contribution is 0.0989. The van der Waals surface area contributed by atoms with Crippen molar-refractivity contribution < 1.29 is 9.32 Å².